The van der Waals surface area contributed by atoms with Crippen LogP contribution in [0.2, 0.25) is 0 Å². The third kappa shape index (κ3) is 4.82. The molecule has 4 heteroatoms. The first kappa shape index (κ1) is 14.0. The van der Waals surface area contributed by atoms with Crippen LogP contribution in [0.3, 0.4) is 0 Å². The summed E-state index contributed by atoms with van der Waals surface area (Å²) in [5.41, 5.74) is 1.01. The molecule has 0 aliphatic carbocycles. The highest BCUT2D eigenvalue weighted by Crippen LogP contribution is 2.08. The lowest BCUT2D eigenvalue weighted by molar-refractivity contribution is -0.131. The zero-order valence-electron chi connectivity index (χ0n) is 10.7. The number of hydrogen-bond donors (Lipinski definition) is 2. The highest BCUT2D eigenvalue weighted by atomic mass is 16.4. The molecule has 0 fully saturated rings. The molecule has 0 saturated carbocycles. The van der Waals surface area contributed by atoms with E-state index in [1.807, 2.05) is 20.8 Å². The molecule has 4 nitrogen and oxygen atoms in total. The summed E-state index contributed by atoms with van der Waals surface area (Å²) in [4.78, 5) is 22.2. The second-order valence-corrected chi connectivity index (χ2v) is 5.00. The topological polar surface area (TPSA) is 66.4 Å². The van der Waals surface area contributed by atoms with Gasteiger partial charge in [-0.2, -0.15) is 0 Å². The number of aliphatic carboxylic acids is 1. The maximum atomic E-state index is 11.8. The van der Waals surface area contributed by atoms with E-state index in [-0.39, 0.29) is 11.4 Å². The lowest BCUT2D eigenvalue weighted by Crippen LogP contribution is -2.40. The molecule has 1 amide bonds. The first-order valence-electron chi connectivity index (χ1n) is 5.61. The van der Waals surface area contributed by atoms with Gasteiger partial charge in [0, 0.05) is 17.2 Å². The van der Waals surface area contributed by atoms with Crippen LogP contribution >= 0.6 is 0 Å². The maximum Gasteiger partial charge on any atom is 0.328 e. The Balaban J connectivity index is 2.77. The Morgan fingerprint density at radius 2 is 1.72 bits per heavy atom. The third-order valence-electron chi connectivity index (χ3n) is 2.08. The Kier molecular flexibility index (Phi) is 4.26. The Bertz CT molecular complexity index is 467. The van der Waals surface area contributed by atoms with Gasteiger partial charge in [-0.1, -0.05) is 12.1 Å². The van der Waals surface area contributed by atoms with Crippen molar-refractivity contribution in [3.63, 3.8) is 0 Å². The molecule has 0 atom stereocenters. The molecule has 0 saturated heterocycles. The van der Waals surface area contributed by atoms with Crippen LogP contribution in [0.1, 0.15) is 36.7 Å². The normalized spacial score (nSPS) is 11.5. The number of benzene rings is 1. The predicted octanol–water partition coefficient (Wildman–Crippen LogP) is 2.31. The summed E-state index contributed by atoms with van der Waals surface area (Å²) in [6.45, 7) is 5.73. The van der Waals surface area contributed by atoms with Gasteiger partial charge in [-0.15, -0.1) is 0 Å². The molecular formula is C14H17NO3. The molecule has 0 radical (unpaired) electrons. The lowest BCUT2D eigenvalue weighted by Gasteiger charge is -2.20. The molecule has 0 spiro atoms. The van der Waals surface area contributed by atoms with Gasteiger partial charge in [0.05, 0.1) is 0 Å². The van der Waals surface area contributed by atoms with Crippen LogP contribution in [0.5, 0.6) is 0 Å². The van der Waals surface area contributed by atoms with Gasteiger partial charge in [-0.3, -0.25) is 4.79 Å². The largest absolute Gasteiger partial charge is 0.478 e. The zero-order valence-corrected chi connectivity index (χ0v) is 10.7. The molecule has 18 heavy (non-hydrogen) atoms. The van der Waals surface area contributed by atoms with Crippen LogP contribution in [0.25, 0.3) is 6.08 Å². The minimum Gasteiger partial charge on any atom is -0.478 e. The van der Waals surface area contributed by atoms with Crippen LogP contribution in [-0.4, -0.2) is 22.5 Å². The molecule has 96 valence electrons. The Hall–Kier alpha value is -2.10. The highest BCUT2D eigenvalue weighted by molar-refractivity contribution is 5.95. The second-order valence-electron chi connectivity index (χ2n) is 5.00. The van der Waals surface area contributed by atoms with Crippen molar-refractivity contribution in [2.45, 2.75) is 26.3 Å². The van der Waals surface area contributed by atoms with E-state index < -0.39 is 5.97 Å². The second kappa shape index (κ2) is 5.49. The summed E-state index contributed by atoms with van der Waals surface area (Å²) >= 11 is 0. The van der Waals surface area contributed by atoms with Crippen LogP contribution in [0, 0.1) is 0 Å². The summed E-state index contributed by atoms with van der Waals surface area (Å²) in [5, 5.41) is 11.3. The fourth-order valence-corrected chi connectivity index (χ4v) is 1.33. The molecule has 1 aromatic carbocycles. The first-order chi connectivity index (χ1) is 8.28. The predicted molar refractivity (Wildman–Crippen MR) is 70.3 cm³/mol. The van der Waals surface area contributed by atoms with E-state index in [0.717, 1.165) is 11.6 Å². The third-order valence-corrected chi connectivity index (χ3v) is 2.08. The average Bonchev–Trinajstić information content (AvgIpc) is 2.24. The molecule has 0 aliphatic rings. The number of carbonyl (C=O) groups is 2. The zero-order chi connectivity index (χ0) is 13.8. The number of nitrogens with one attached hydrogen (secondary N) is 1. The number of carboxylic acids is 1. The number of hydrogen-bond acceptors (Lipinski definition) is 2. The summed E-state index contributed by atoms with van der Waals surface area (Å²) in [6.07, 6.45) is 2.54. The van der Waals surface area contributed by atoms with Gasteiger partial charge in [0.15, 0.2) is 0 Å². The standard InChI is InChI=1S/C14H17NO3/c1-14(2,3)15-13(18)11-7-4-10(5-8-11)6-9-12(16)17/h4-9H,1-3H3,(H,15,18)(H,16,17). The Morgan fingerprint density at radius 1 is 1.17 bits per heavy atom. The fraction of sp³-hybridized carbons (Fsp3) is 0.286. The Labute approximate surface area is 106 Å². The minimum absolute atomic E-state index is 0.142. The van der Waals surface area contributed by atoms with Gasteiger partial charge in [0.1, 0.15) is 0 Å². The molecular weight excluding hydrogens is 230 g/mol. The summed E-state index contributed by atoms with van der Waals surface area (Å²) in [6, 6.07) is 6.75. The number of amides is 1. The van der Waals surface area contributed by atoms with Crippen molar-refractivity contribution in [2.75, 3.05) is 0 Å². The van der Waals surface area contributed by atoms with Gasteiger partial charge >= 0.3 is 5.97 Å². The van der Waals surface area contributed by atoms with Crippen molar-refractivity contribution in [1.82, 2.24) is 5.32 Å². The van der Waals surface area contributed by atoms with Crippen LogP contribution in [0.4, 0.5) is 0 Å². The minimum atomic E-state index is -0.996. The molecule has 0 unspecified atom stereocenters. The lowest BCUT2D eigenvalue weighted by atomic mass is 10.1. The van der Waals surface area contributed by atoms with E-state index in [1.54, 1.807) is 24.3 Å². The number of carbonyl (C=O) groups excluding carboxylic acids is 1. The van der Waals surface area contributed by atoms with Crippen molar-refractivity contribution in [2.24, 2.45) is 0 Å². The van der Waals surface area contributed by atoms with E-state index >= 15 is 0 Å². The van der Waals surface area contributed by atoms with Gasteiger partial charge in [-0.25, -0.2) is 4.79 Å². The fourth-order valence-electron chi connectivity index (χ4n) is 1.33. The average molecular weight is 247 g/mol. The summed E-state index contributed by atoms with van der Waals surface area (Å²) in [7, 11) is 0. The summed E-state index contributed by atoms with van der Waals surface area (Å²) < 4.78 is 0. The van der Waals surface area contributed by atoms with Crippen molar-refractivity contribution < 1.29 is 14.7 Å². The molecule has 0 bridgehead atoms. The first-order valence-corrected chi connectivity index (χ1v) is 5.61. The van der Waals surface area contributed by atoms with E-state index in [9.17, 15) is 9.59 Å². The quantitative estimate of drug-likeness (QED) is 0.805. The van der Waals surface area contributed by atoms with Crippen molar-refractivity contribution in [1.29, 1.82) is 0 Å². The number of carboxylic acid groups (broad SMARTS) is 1. The van der Waals surface area contributed by atoms with Gasteiger partial charge < -0.3 is 10.4 Å². The van der Waals surface area contributed by atoms with Crippen molar-refractivity contribution in [3.05, 3.63) is 41.5 Å². The van der Waals surface area contributed by atoms with E-state index in [4.69, 9.17) is 5.11 Å². The summed E-state index contributed by atoms with van der Waals surface area (Å²) in [5.74, 6) is -1.14. The molecule has 0 aliphatic heterocycles. The molecule has 0 heterocycles. The van der Waals surface area contributed by atoms with E-state index in [0.29, 0.717) is 5.56 Å². The van der Waals surface area contributed by atoms with Crippen LogP contribution in [-0.2, 0) is 4.79 Å². The SMILES string of the molecule is CC(C)(C)NC(=O)c1ccc(C=CC(=O)O)cc1. The molecule has 1 rings (SSSR count). The molecule has 1 aromatic rings. The monoisotopic (exact) mass is 247 g/mol. The molecule has 0 aromatic heterocycles. The molecule has 2 N–H and O–H groups in total. The van der Waals surface area contributed by atoms with Crippen molar-refractivity contribution in [3.8, 4) is 0 Å². The van der Waals surface area contributed by atoms with Crippen molar-refractivity contribution >= 4 is 18.0 Å². The van der Waals surface area contributed by atoms with Gasteiger partial charge in [-0.05, 0) is 44.5 Å². The van der Waals surface area contributed by atoms with Crippen LogP contribution in [0.15, 0.2) is 30.3 Å². The maximum absolute atomic E-state index is 11.8. The van der Waals surface area contributed by atoms with E-state index in [2.05, 4.69) is 5.32 Å². The van der Waals surface area contributed by atoms with Crippen LogP contribution < -0.4 is 5.32 Å². The van der Waals surface area contributed by atoms with Gasteiger partial charge in [0.25, 0.3) is 5.91 Å². The highest BCUT2D eigenvalue weighted by Gasteiger charge is 2.14. The smallest absolute Gasteiger partial charge is 0.328 e. The van der Waals surface area contributed by atoms with Gasteiger partial charge in [0.2, 0.25) is 0 Å². The Morgan fingerprint density at radius 3 is 2.17 bits per heavy atom. The number of rotatable bonds is 3. The van der Waals surface area contributed by atoms with E-state index in [1.165, 1.54) is 6.08 Å².